The normalized spacial score (nSPS) is 11.6. The van der Waals surface area contributed by atoms with Crippen LogP contribution in [-0.4, -0.2) is 73.8 Å². The zero-order valence-electron chi connectivity index (χ0n) is 35.4. The lowest BCUT2D eigenvalue weighted by molar-refractivity contribution is -0.124. The molecule has 0 aliphatic rings. The highest BCUT2D eigenvalue weighted by Gasteiger charge is 2.10. The Morgan fingerprint density at radius 3 is 1.20 bits per heavy atom. The molecule has 0 heterocycles. The summed E-state index contributed by atoms with van der Waals surface area (Å²) in [6.45, 7) is 16.8. The Bertz CT molecular complexity index is 1120. The minimum atomic E-state index is 0.165. The lowest BCUT2D eigenvalue weighted by Crippen LogP contribution is -2.28. The average molecular weight is 749 g/mol. The second-order valence-corrected chi connectivity index (χ2v) is 15.6. The minimum Gasteiger partial charge on any atom is -0.369 e. The molecule has 0 saturated heterocycles. The first-order valence-electron chi connectivity index (χ1n) is 22.3. The largest absolute Gasteiger partial charge is 0.369 e. The van der Waals surface area contributed by atoms with E-state index in [1.54, 1.807) is 0 Å². The smallest absolute Gasteiger partial charge is 0.158 e. The molecule has 0 spiro atoms. The van der Waals surface area contributed by atoms with Gasteiger partial charge in [0.05, 0.1) is 13.2 Å². The number of unbranched alkanes of at least 4 members (excludes halogenated alkanes) is 12. The van der Waals surface area contributed by atoms with Gasteiger partial charge in [0.1, 0.15) is 13.2 Å². The van der Waals surface area contributed by atoms with Crippen molar-refractivity contribution in [2.45, 2.75) is 169 Å². The number of benzene rings is 2. The van der Waals surface area contributed by atoms with Crippen LogP contribution in [0.3, 0.4) is 0 Å². The van der Waals surface area contributed by atoms with Crippen molar-refractivity contribution in [1.29, 1.82) is 0 Å². The molecule has 0 saturated carbocycles. The zero-order valence-corrected chi connectivity index (χ0v) is 35.4. The van der Waals surface area contributed by atoms with E-state index < -0.39 is 0 Å². The number of carbonyl (C=O) groups excluding carboxylic acids is 2. The van der Waals surface area contributed by atoms with Crippen LogP contribution in [0.4, 0.5) is 0 Å². The Labute approximate surface area is 332 Å². The number of ketones is 2. The predicted octanol–water partition coefficient (Wildman–Crippen LogP) is 12.0. The van der Waals surface area contributed by atoms with Crippen LogP contribution in [0.25, 0.3) is 11.1 Å². The van der Waals surface area contributed by atoms with Crippen LogP contribution < -0.4 is 0 Å². The SMILES string of the molecule is CCCCCCCCN(CCCC)CCCC(=O)COCc1cccc(-c2cccc(COCC(=O)CCCN(CCCC)CCCCCCCC)c2)c1. The predicted molar refractivity (Wildman–Crippen MR) is 229 cm³/mol. The average Bonchev–Trinajstić information content (AvgIpc) is 3.18. The fraction of sp³-hybridized carbons (Fsp3) is 0.708. The van der Waals surface area contributed by atoms with Gasteiger partial charge in [-0.3, -0.25) is 9.59 Å². The summed E-state index contributed by atoms with van der Waals surface area (Å²) < 4.78 is 11.8. The summed E-state index contributed by atoms with van der Waals surface area (Å²) in [6.07, 6.45) is 23.7. The van der Waals surface area contributed by atoms with E-state index in [4.69, 9.17) is 9.47 Å². The molecule has 0 unspecified atom stereocenters. The van der Waals surface area contributed by atoms with Crippen molar-refractivity contribution in [3.05, 3.63) is 59.7 Å². The van der Waals surface area contributed by atoms with Crippen LogP contribution in [0, 0.1) is 0 Å². The monoisotopic (exact) mass is 749 g/mol. The summed E-state index contributed by atoms with van der Waals surface area (Å²) in [7, 11) is 0. The number of rotatable bonds is 37. The fourth-order valence-corrected chi connectivity index (χ4v) is 7.06. The first kappa shape index (κ1) is 47.8. The van der Waals surface area contributed by atoms with E-state index in [-0.39, 0.29) is 24.8 Å². The zero-order chi connectivity index (χ0) is 38.9. The molecule has 0 fully saturated rings. The van der Waals surface area contributed by atoms with Crippen LogP contribution in [0.1, 0.15) is 167 Å². The molecule has 0 bridgehead atoms. The molecule has 0 aliphatic heterocycles. The van der Waals surface area contributed by atoms with Gasteiger partial charge in [0.25, 0.3) is 0 Å². The van der Waals surface area contributed by atoms with Crippen LogP contribution in [-0.2, 0) is 32.3 Å². The Hall–Kier alpha value is -2.38. The highest BCUT2D eigenvalue weighted by molar-refractivity contribution is 5.80. The van der Waals surface area contributed by atoms with Gasteiger partial charge in [0.15, 0.2) is 11.6 Å². The number of carbonyl (C=O) groups is 2. The molecule has 6 heteroatoms. The van der Waals surface area contributed by atoms with Crippen molar-refractivity contribution in [3.63, 3.8) is 0 Å². The van der Waals surface area contributed by atoms with Gasteiger partial charge < -0.3 is 19.3 Å². The number of ether oxygens (including phenoxy) is 2. The third-order valence-corrected chi connectivity index (χ3v) is 10.4. The lowest BCUT2D eigenvalue weighted by atomic mass is 10.0. The quantitative estimate of drug-likeness (QED) is 0.0641. The summed E-state index contributed by atoms with van der Waals surface area (Å²) in [6, 6.07) is 16.7. The van der Waals surface area contributed by atoms with Gasteiger partial charge >= 0.3 is 0 Å². The third-order valence-electron chi connectivity index (χ3n) is 10.4. The topological polar surface area (TPSA) is 59.1 Å². The van der Waals surface area contributed by atoms with Crippen molar-refractivity contribution in [1.82, 2.24) is 9.80 Å². The molecule has 0 amide bonds. The Balaban J connectivity index is 1.70. The molecule has 2 rings (SSSR count). The molecule has 2 aromatic rings. The molecule has 0 aliphatic carbocycles. The molecule has 306 valence electrons. The summed E-state index contributed by atoms with van der Waals surface area (Å²) in [5, 5.41) is 0. The van der Waals surface area contributed by atoms with Crippen molar-refractivity contribution < 1.29 is 19.1 Å². The molecule has 6 nitrogen and oxygen atoms in total. The number of nitrogens with zero attached hydrogens (tertiary/aromatic N) is 2. The number of hydrogen-bond donors (Lipinski definition) is 0. The van der Waals surface area contributed by atoms with Crippen LogP contribution >= 0.6 is 0 Å². The van der Waals surface area contributed by atoms with E-state index in [0.717, 1.165) is 74.4 Å². The summed E-state index contributed by atoms with van der Waals surface area (Å²) in [5.74, 6) is 0.370. The molecule has 2 aromatic carbocycles. The van der Waals surface area contributed by atoms with Crippen molar-refractivity contribution in [2.75, 3.05) is 52.5 Å². The second kappa shape index (κ2) is 32.8. The molecule has 54 heavy (non-hydrogen) atoms. The molecule has 0 N–H and O–H groups in total. The standard InChI is InChI=1S/C48H80N2O4/c1-5-9-13-15-17-19-33-49(31-11-7-3)35-23-29-47(51)41-53-39-43-25-21-27-45(37-43)46-28-22-26-44(38-46)40-54-42-48(52)30-24-36-50(32-12-8-4)34-20-18-16-14-10-6-2/h21-22,25-28,37-38H,5-20,23-24,29-36,39-42H2,1-4H3. The second-order valence-electron chi connectivity index (χ2n) is 15.6. The maximum absolute atomic E-state index is 12.6. The highest BCUT2D eigenvalue weighted by Crippen LogP contribution is 2.23. The molecule has 0 radical (unpaired) electrons. The van der Waals surface area contributed by atoms with Crippen LogP contribution in [0.5, 0.6) is 0 Å². The summed E-state index contributed by atoms with van der Waals surface area (Å²) in [5.41, 5.74) is 4.31. The maximum atomic E-state index is 12.6. The van der Waals surface area contributed by atoms with E-state index in [2.05, 4.69) is 73.9 Å². The van der Waals surface area contributed by atoms with Crippen molar-refractivity contribution >= 4 is 11.6 Å². The van der Waals surface area contributed by atoms with Gasteiger partial charge in [-0.2, -0.15) is 0 Å². The lowest BCUT2D eigenvalue weighted by Gasteiger charge is -2.22. The van der Waals surface area contributed by atoms with Crippen LogP contribution in [0.2, 0.25) is 0 Å². The molecule has 0 aromatic heterocycles. The minimum absolute atomic E-state index is 0.165. The number of Topliss-reactive ketones (excluding diaryl/α,β-unsaturated/α-hetero) is 2. The number of hydrogen-bond acceptors (Lipinski definition) is 6. The Morgan fingerprint density at radius 1 is 0.444 bits per heavy atom. The third kappa shape index (κ3) is 24.2. The van der Waals surface area contributed by atoms with Gasteiger partial charge in [-0.15, -0.1) is 0 Å². The van der Waals surface area contributed by atoms with Gasteiger partial charge in [-0.25, -0.2) is 0 Å². The van der Waals surface area contributed by atoms with Gasteiger partial charge in [0.2, 0.25) is 0 Å². The first-order valence-corrected chi connectivity index (χ1v) is 22.3. The van der Waals surface area contributed by atoms with Gasteiger partial charge in [0, 0.05) is 12.8 Å². The van der Waals surface area contributed by atoms with E-state index in [1.807, 2.05) is 12.1 Å². The van der Waals surface area contributed by atoms with Crippen molar-refractivity contribution in [3.8, 4) is 11.1 Å². The van der Waals surface area contributed by atoms with E-state index in [0.29, 0.717) is 26.1 Å². The highest BCUT2D eigenvalue weighted by atomic mass is 16.5. The maximum Gasteiger partial charge on any atom is 0.158 e. The molecular weight excluding hydrogens is 669 g/mol. The molecular formula is C48H80N2O4. The fourth-order valence-electron chi connectivity index (χ4n) is 7.06. The van der Waals surface area contributed by atoms with E-state index >= 15 is 0 Å². The molecule has 0 atom stereocenters. The van der Waals surface area contributed by atoms with Gasteiger partial charge in [-0.1, -0.05) is 141 Å². The van der Waals surface area contributed by atoms with Gasteiger partial charge in [-0.05, 0) is 112 Å². The van der Waals surface area contributed by atoms with Crippen LogP contribution in [0.15, 0.2) is 48.5 Å². The Kier molecular flexibility index (Phi) is 29.0. The summed E-state index contributed by atoms with van der Waals surface area (Å²) in [4.78, 5) is 30.4. The summed E-state index contributed by atoms with van der Waals surface area (Å²) >= 11 is 0. The first-order chi connectivity index (χ1) is 26.5. The van der Waals surface area contributed by atoms with E-state index in [1.165, 1.54) is 103 Å². The van der Waals surface area contributed by atoms with E-state index in [9.17, 15) is 9.59 Å². The van der Waals surface area contributed by atoms with Crippen molar-refractivity contribution in [2.24, 2.45) is 0 Å². The Morgan fingerprint density at radius 2 is 0.796 bits per heavy atom.